The lowest BCUT2D eigenvalue weighted by molar-refractivity contribution is -0.139. The Bertz CT molecular complexity index is 1310. The molecule has 180 valence electrons. The summed E-state index contributed by atoms with van der Waals surface area (Å²) in [5.74, 6) is 0.0704. The summed E-state index contributed by atoms with van der Waals surface area (Å²) in [7, 11) is 0. The molecule has 1 heterocycles. The summed E-state index contributed by atoms with van der Waals surface area (Å²) in [6.07, 6.45) is 3.34. The van der Waals surface area contributed by atoms with Crippen LogP contribution in [0.4, 0.5) is 5.69 Å². The van der Waals surface area contributed by atoms with Crippen LogP contribution >= 0.6 is 15.9 Å². The van der Waals surface area contributed by atoms with Crippen molar-refractivity contribution < 1.29 is 28.1 Å². The van der Waals surface area contributed by atoms with Crippen LogP contribution in [-0.4, -0.2) is 31.4 Å². The maximum atomic E-state index is 12.4. The zero-order chi connectivity index (χ0) is 24.9. The quantitative estimate of drug-likeness (QED) is 0.396. The van der Waals surface area contributed by atoms with Crippen molar-refractivity contribution in [1.29, 1.82) is 5.26 Å². The summed E-state index contributed by atoms with van der Waals surface area (Å²) in [5.41, 5.74) is 2.40. The number of ether oxygens (including phenoxy) is 2. The van der Waals surface area contributed by atoms with Gasteiger partial charge in [0.25, 0.3) is 0 Å². The summed E-state index contributed by atoms with van der Waals surface area (Å²) >= 11 is 0.791. The molecule has 0 saturated heterocycles. The number of halogens is 1. The van der Waals surface area contributed by atoms with E-state index in [1.807, 2.05) is 12.1 Å². The predicted octanol–water partition coefficient (Wildman–Crippen LogP) is 4.65. The van der Waals surface area contributed by atoms with Gasteiger partial charge in [-0.2, -0.15) is 5.26 Å². The second-order valence-electron chi connectivity index (χ2n) is 7.68. The molecule has 0 bridgehead atoms. The number of hydrogen-bond donors (Lipinski definition) is 1. The first-order valence-corrected chi connectivity index (χ1v) is 12.4. The molecule has 2 atom stereocenters. The molecule has 1 aliphatic rings. The zero-order valence-corrected chi connectivity index (χ0v) is 20.6. The number of fused-ring (bicyclic) bond motifs is 1. The van der Waals surface area contributed by atoms with Crippen LogP contribution in [0.5, 0.6) is 17.4 Å². The SMILES string of the molecule is N#Cc1ccc(Oc2ncc(N(C3CCCc4c(OCC(=O)O)cccc43)S(=O)[O-])cc2Br)cc1. The van der Waals surface area contributed by atoms with Crippen molar-refractivity contribution in [2.24, 2.45) is 0 Å². The van der Waals surface area contributed by atoms with Gasteiger partial charge in [-0.15, -0.1) is 0 Å². The topological polar surface area (TPSA) is 136 Å². The van der Waals surface area contributed by atoms with Crippen molar-refractivity contribution in [3.05, 3.63) is 75.9 Å². The van der Waals surface area contributed by atoms with Gasteiger partial charge in [0, 0.05) is 11.3 Å². The maximum Gasteiger partial charge on any atom is 0.341 e. The van der Waals surface area contributed by atoms with E-state index in [2.05, 4.69) is 20.9 Å². The van der Waals surface area contributed by atoms with E-state index in [1.54, 1.807) is 42.5 Å². The van der Waals surface area contributed by atoms with Gasteiger partial charge >= 0.3 is 5.97 Å². The van der Waals surface area contributed by atoms with Gasteiger partial charge in [0.15, 0.2) is 6.61 Å². The molecule has 3 aromatic rings. The van der Waals surface area contributed by atoms with E-state index in [1.165, 1.54) is 10.5 Å². The Morgan fingerprint density at radius 2 is 2.09 bits per heavy atom. The van der Waals surface area contributed by atoms with E-state index < -0.39 is 29.9 Å². The number of carbonyl (C=O) groups is 1. The van der Waals surface area contributed by atoms with Gasteiger partial charge in [-0.05, 0) is 82.7 Å². The van der Waals surface area contributed by atoms with Gasteiger partial charge in [-0.3, -0.25) is 8.51 Å². The van der Waals surface area contributed by atoms with Crippen LogP contribution in [-0.2, 0) is 22.5 Å². The molecule has 2 aromatic carbocycles. The molecule has 1 N–H and O–H groups in total. The summed E-state index contributed by atoms with van der Waals surface area (Å²) < 4.78 is 37.6. The molecule has 1 aliphatic carbocycles. The van der Waals surface area contributed by atoms with Gasteiger partial charge in [0.05, 0.1) is 34.0 Å². The molecule has 4 rings (SSSR count). The van der Waals surface area contributed by atoms with Gasteiger partial charge in [-0.1, -0.05) is 12.1 Å². The molecular formula is C24H19BrN3O6S-. The summed E-state index contributed by atoms with van der Waals surface area (Å²) in [5, 5.41) is 17.9. The first kappa shape index (κ1) is 24.7. The highest BCUT2D eigenvalue weighted by molar-refractivity contribution is 9.10. The zero-order valence-electron chi connectivity index (χ0n) is 18.2. The van der Waals surface area contributed by atoms with Crippen LogP contribution in [0, 0.1) is 11.3 Å². The van der Waals surface area contributed by atoms with Crippen LogP contribution in [0.2, 0.25) is 0 Å². The predicted molar refractivity (Wildman–Crippen MR) is 130 cm³/mol. The Hall–Kier alpha value is -3.46. The second-order valence-corrected chi connectivity index (χ2v) is 9.36. The minimum atomic E-state index is -2.62. The third kappa shape index (κ3) is 5.62. The molecular weight excluding hydrogens is 538 g/mol. The van der Waals surface area contributed by atoms with Crippen molar-refractivity contribution in [2.45, 2.75) is 25.3 Å². The Morgan fingerprint density at radius 1 is 1.31 bits per heavy atom. The first-order chi connectivity index (χ1) is 16.9. The Balaban J connectivity index is 1.63. The lowest BCUT2D eigenvalue weighted by Crippen LogP contribution is -2.33. The fourth-order valence-electron chi connectivity index (χ4n) is 4.00. The Morgan fingerprint density at radius 3 is 2.74 bits per heavy atom. The number of anilines is 1. The standard InChI is InChI=1S/C24H20BrN3O6S/c25-20-11-16(13-27-24(20)34-17-9-7-15(12-26)8-10-17)28(35(31)32)21-5-1-4-19-18(21)3-2-6-22(19)33-14-23(29)30/h2-3,6-11,13,21H,1,4-5,14H2,(H,29,30)(H,31,32)/p-1. The van der Waals surface area contributed by atoms with E-state index in [0.717, 1.165) is 11.1 Å². The number of hydrogen-bond acceptors (Lipinski definition) is 7. The first-order valence-electron chi connectivity index (χ1n) is 10.6. The molecule has 9 nitrogen and oxygen atoms in total. The molecule has 0 fully saturated rings. The molecule has 35 heavy (non-hydrogen) atoms. The molecule has 11 heteroatoms. The van der Waals surface area contributed by atoms with Crippen LogP contribution in [0.3, 0.4) is 0 Å². The van der Waals surface area contributed by atoms with Crippen molar-refractivity contribution in [1.82, 2.24) is 4.98 Å². The largest absolute Gasteiger partial charge is 0.755 e. The lowest BCUT2D eigenvalue weighted by Gasteiger charge is -2.38. The highest BCUT2D eigenvalue weighted by Crippen LogP contribution is 2.42. The van der Waals surface area contributed by atoms with E-state index in [-0.39, 0.29) is 5.88 Å². The smallest absolute Gasteiger partial charge is 0.341 e. The van der Waals surface area contributed by atoms with E-state index >= 15 is 0 Å². The second kappa shape index (κ2) is 10.9. The average Bonchev–Trinajstić information content (AvgIpc) is 2.85. The third-order valence-corrected chi connectivity index (χ3v) is 6.83. The van der Waals surface area contributed by atoms with Crippen molar-refractivity contribution in [2.75, 3.05) is 10.9 Å². The van der Waals surface area contributed by atoms with E-state index in [9.17, 15) is 13.6 Å². The molecule has 0 saturated carbocycles. The molecule has 1 aromatic heterocycles. The average molecular weight is 557 g/mol. The Labute approximate surface area is 212 Å². The highest BCUT2D eigenvalue weighted by Gasteiger charge is 2.30. The van der Waals surface area contributed by atoms with Gasteiger partial charge < -0.3 is 19.1 Å². The number of benzene rings is 2. The minimum Gasteiger partial charge on any atom is -0.755 e. The number of carboxylic acid groups (broad SMARTS) is 1. The summed E-state index contributed by atoms with van der Waals surface area (Å²) in [4.78, 5) is 15.2. The normalized spacial score (nSPS) is 15.4. The number of pyridine rings is 1. The summed E-state index contributed by atoms with van der Waals surface area (Å²) in [6.45, 7) is -0.476. The summed E-state index contributed by atoms with van der Waals surface area (Å²) in [6, 6.07) is 14.9. The highest BCUT2D eigenvalue weighted by atomic mass is 79.9. The van der Waals surface area contributed by atoms with Crippen LogP contribution < -0.4 is 13.8 Å². The minimum absolute atomic E-state index is 0.239. The number of aliphatic carboxylic acids is 1. The number of nitriles is 1. The van der Waals surface area contributed by atoms with E-state index in [0.29, 0.717) is 46.5 Å². The number of nitrogens with zero attached hydrogens (tertiary/aromatic N) is 3. The molecule has 0 aliphatic heterocycles. The van der Waals surface area contributed by atoms with Crippen LogP contribution in [0.25, 0.3) is 0 Å². The van der Waals surface area contributed by atoms with Gasteiger partial charge in [0.2, 0.25) is 5.88 Å². The third-order valence-electron chi connectivity index (χ3n) is 5.47. The molecule has 0 radical (unpaired) electrons. The van der Waals surface area contributed by atoms with Crippen molar-refractivity contribution in [3.8, 4) is 23.4 Å². The lowest BCUT2D eigenvalue weighted by atomic mass is 9.87. The number of carboxylic acids is 1. The maximum absolute atomic E-state index is 12.4. The van der Waals surface area contributed by atoms with E-state index in [4.69, 9.17) is 19.8 Å². The number of rotatable bonds is 8. The Kier molecular flexibility index (Phi) is 7.65. The van der Waals surface area contributed by atoms with Gasteiger partial charge in [-0.25, -0.2) is 9.78 Å². The van der Waals surface area contributed by atoms with Crippen molar-refractivity contribution in [3.63, 3.8) is 0 Å². The fourth-order valence-corrected chi connectivity index (χ4v) is 5.11. The molecule has 0 amide bonds. The van der Waals surface area contributed by atoms with Crippen molar-refractivity contribution >= 4 is 38.9 Å². The van der Waals surface area contributed by atoms with Crippen LogP contribution in [0.15, 0.2) is 59.2 Å². The fraction of sp³-hybridized carbons (Fsp3) is 0.208. The monoisotopic (exact) mass is 556 g/mol. The van der Waals surface area contributed by atoms with Crippen LogP contribution in [0.1, 0.15) is 35.6 Å². The molecule has 0 spiro atoms. The van der Waals surface area contributed by atoms with Gasteiger partial charge in [0.1, 0.15) is 11.5 Å². The number of aromatic nitrogens is 1. The molecule has 2 unspecified atom stereocenters.